The molecule has 0 aliphatic rings. The molecule has 1 amide bonds. The summed E-state index contributed by atoms with van der Waals surface area (Å²) in [4.78, 5) is 13.0. The lowest BCUT2D eigenvalue weighted by Crippen LogP contribution is -2.36. The Bertz CT molecular complexity index is 1230. The van der Waals surface area contributed by atoms with E-state index in [9.17, 15) is 22.0 Å². The summed E-state index contributed by atoms with van der Waals surface area (Å²) < 4.78 is 54.9. The summed E-state index contributed by atoms with van der Waals surface area (Å²) in [5.41, 5.74) is 0.236. The first-order valence-electron chi connectivity index (χ1n) is 9.09. The van der Waals surface area contributed by atoms with Crippen molar-refractivity contribution < 1.29 is 22.0 Å². The molecule has 0 aliphatic carbocycles. The van der Waals surface area contributed by atoms with Gasteiger partial charge in [0, 0.05) is 10.6 Å². The van der Waals surface area contributed by atoms with E-state index in [1.807, 2.05) is 0 Å². The molecule has 31 heavy (non-hydrogen) atoms. The summed E-state index contributed by atoms with van der Waals surface area (Å²) in [6.07, 6.45) is 1.16. The van der Waals surface area contributed by atoms with Crippen molar-refractivity contribution in [3.8, 4) is 11.3 Å². The number of aromatic nitrogens is 2. The van der Waals surface area contributed by atoms with E-state index in [-0.39, 0.29) is 22.4 Å². The van der Waals surface area contributed by atoms with Crippen LogP contribution < -0.4 is 10.0 Å². The second-order valence-electron chi connectivity index (χ2n) is 6.75. The average molecular weight is 469 g/mol. The highest BCUT2D eigenvalue weighted by molar-refractivity contribution is 7.89. The molecule has 0 saturated heterocycles. The highest BCUT2D eigenvalue weighted by atomic mass is 35.5. The number of nitrogens with zero attached hydrogens (tertiary/aromatic N) is 1. The molecule has 0 spiro atoms. The fraction of sp³-hybridized carbons (Fsp3) is 0.200. The highest BCUT2D eigenvalue weighted by Gasteiger charge is 2.26. The van der Waals surface area contributed by atoms with Crippen LogP contribution in [0.25, 0.3) is 11.3 Å². The topological polar surface area (TPSA) is 104 Å². The van der Waals surface area contributed by atoms with Crippen LogP contribution in [0.3, 0.4) is 0 Å². The zero-order valence-corrected chi connectivity index (χ0v) is 18.1. The third-order valence-electron chi connectivity index (χ3n) is 4.74. The Labute approximate surface area is 182 Å². The van der Waals surface area contributed by atoms with Crippen LogP contribution in [0.2, 0.25) is 5.02 Å². The number of carbonyl (C=O) groups is 1. The molecule has 1 heterocycles. The average Bonchev–Trinajstić information content (AvgIpc) is 3.20. The molecule has 3 rings (SSSR count). The van der Waals surface area contributed by atoms with Crippen molar-refractivity contribution in [1.82, 2.24) is 20.2 Å². The molecule has 2 aromatic carbocycles. The summed E-state index contributed by atoms with van der Waals surface area (Å²) in [6, 6.07) is 7.36. The summed E-state index contributed by atoms with van der Waals surface area (Å²) in [7, 11) is -2.46. The normalized spacial score (nSPS) is 12.5. The van der Waals surface area contributed by atoms with Crippen molar-refractivity contribution in [1.29, 1.82) is 0 Å². The lowest BCUT2D eigenvalue weighted by atomic mass is 10.0. The van der Waals surface area contributed by atoms with Crippen molar-refractivity contribution in [2.45, 2.75) is 13.0 Å². The number of H-pyrrole nitrogens is 1. The van der Waals surface area contributed by atoms with E-state index in [1.165, 1.54) is 20.0 Å². The van der Waals surface area contributed by atoms with Crippen molar-refractivity contribution >= 4 is 27.5 Å². The van der Waals surface area contributed by atoms with Gasteiger partial charge in [0.15, 0.2) is 0 Å². The summed E-state index contributed by atoms with van der Waals surface area (Å²) in [5.74, 6) is -2.56. The molecule has 0 saturated carbocycles. The maximum atomic E-state index is 14.4. The van der Waals surface area contributed by atoms with Gasteiger partial charge in [0.25, 0.3) is 5.91 Å². The quantitative estimate of drug-likeness (QED) is 0.494. The number of halogens is 3. The summed E-state index contributed by atoms with van der Waals surface area (Å²) >= 11 is 6.02. The van der Waals surface area contributed by atoms with Crippen LogP contribution in [0.4, 0.5) is 8.78 Å². The number of amides is 1. The number of benzene rings is 2. The monoisotopic (exact) mass is 468 g/mol. The minimum Gasteiger partial charge on any atom is -0.344 e. The van der Waals surface area contributed by atoms with E-state index in [4.69, 9.17) is 11.6 Å². The molecular formula is C20H19ClF2N4O3S. The molecule has 0 radical (unpaired) electrons. The lowest BCUT2D eigenvalue weighted by Gasteiger charge is -2.19. The number of hydrogen-bond donors (Lipinski definition) is 3. The smallest absolute Gasteiger partial charge is 0.255 e. The lowest BCUT2D eigenvalue weighted by molar-refractivity contribution is 0.0941. The van der Waals surface area contributed by atoms with E-state index >= 15 is 0 Å². The van der Waals surface area contributed by atoms with Crippen LogP contribution in [-0.2, 0) is 10.0 Å². The highest BCUT2D eigenvalue weighted by Crippen LogP contribution is 2.30. The van der Waals surface area contributed by atoms with Crippen molar-refractivity contribution in [2.75, 3.05) is 12.8 Å². The Morgan fingerprint density at radius 2 is 1.94 bits per heavy atom. The van der Waals surface area contributed by atoms with Crippen LogP contribution in [0.15, 0.2) is 42.6 Å². The maximum absolute atomic E-state index is 14.4. The Morgan fingerprint density at radius 1 is 1.23 bits per heavy atom. The maximum Gasteiger partial charge on any atom is 0.255 e. The molecule has 164 valence electrons. The number of hydrogen-bond acceptors (Lipinski definition) is 4. The van der Waals surface area contributed by atoms with Crippen LogP contribution >= 0.6 is 11.6 Å². The van der Waals surface area contributed by atoms with Crippen LogP contribution in [0.1, 0.15) is 27.5 Å². The van der Waals surface area contributed by atoms with E-state index in [0.717, 1.165) is 18.3 Å². The molecule has 3 N–H and O–H groups in total. The van der Waals surface area contributed by atoms with Gasteiger partial charge in [0.05, 0.1) is 29.2 Å². The Kier molecular flexibility index (Phi) is 6.73. The van der Waals surface area contributed by atoms with Gasteiger partial charge >= 0.3 is 0 Å². The van der Waals surface area contributed by atoms with E-state index in [2.05, 4.69) is 20.2 Å². The standard InChI is InChI=1S/C20H19ClF2N4O3S/c1-11-15(22)6-7-16(23)18(11)19-14(9-25-27-19)20(28)26-17(10-31(29,30)24-2)12-4-3-5-13(21)8-12/h3-9,17,24H,10H2,1-2H3,(H,25,27)(H,26,28)/t17-/m0/s1. The molecule has 3 aromatic rings. The Morgan fingerprint density at radius 3 is 2.61 bits per heavy atom. The second kappa shape index (κ2) is 9.13. The number of rotatable bonds is 7. The first kappa shape index (κ1) is 22.9. The number of sulfonamides is 1. The van der Waals surface area contributed by atoms with Gasteiger partial charge < -0.3 is 5.32 Å². The van der Waals surface area contributed by atoms with Gasteiger partial charge in [-0.05, 0) is 49.4 Å². The van der Waals surface area contributed by atoms with Crippen molar-refractivity contribution in [3.05, 3.63) is 75.9 Å². The van der Waals surface area contributed by atoms with Gasteiger partial charge in [-0.25, -0.2) is 21.9 Å². The molecule has 0 fully saturated rings. The molecule has 1 atom stereocenters. The van der Waals surface area contributed by atoms with Gasteiger partial charge in [-0.3, -0.25) is 9.89 Å². The van der Waals surface area contributed by atoms with Crippen molar-refractivity contribution in [3.63, 3.8) is 0 Å². The van der Waals surface area contributed by atoms with Gasteiger partial charge in [0.1, 0.15) is 11.6 Å². The second-order valence-corrected chi connectivity index (χ2v) is 9.16. The molecule has 0 aliphatic heterocycles. The minimum atomic E-state index is -3.72. The van der Waals surface area contributed by atoms with E-state index < -0.39 is 39.4 Å². The van der Waals surface area contributed by atoms with Gasteiger partial charge in [-0.15, -0.1) is 0 Å². The van der Waals surface area contributed by atoms with Crippen LogP contribution in [-0.4, -0.2) is 37.3 Å². The number of carbonyl (C=O) groups excluding carboxylic acids is 1. The van der Waals surface area contributed by atoms with Crippen LogP contribution in [0, 0.1) is 18.6 Å². The number of nitrogens with one attached hydrogen (secondary N) is 3. The van der Waals surface area contributed by atoms with E-state index in [1.54, 1.807) is 18.2 Å². The Hall–Kier alpha value is -2.82. The van der Waals surface area contributed by atoms with Crippen LogP contribution in [0.5, 0.6) is 0 Å². The zero-order chi connectivity index (χ0) is 22.8. The number of aromatic amines is 1. The molecule has 0 unspecified atom stereocenters. The molecule has 7 nitrogen and oxygen atoms in total. The first-order chi connectivity index (χ1) is 14.6. The molecule has 11 heteroatoms. The predicted molar refractivity (Wildman–Crippen MR) is 113 cm³/mol. The predicted octanol–water partition coefficient (Wildman–Crippen LogP) is 3.34. The third kappa shape index (κ3) is 5.09. The first-order valence-corrected chi connectivity index (χ1v) is 11.1. The SMILES string of the molecule is CNS(=O)(=O)C[C@H](NC(=O)c1cn[nH]c1-c1c(F)ccc(F)c1C)c1cccc(Cl)c1. The molecule has 0 bridgehead atoms. The van der Waals surface area contributed by atoms with Crippen molar-refractivity contribution in [2.24, 2.45) is 0 Å². The Balaban J connectivity index is 1.99. The summed E-state index contributed by atoms with van der Waals surface area (Å²) in [6.45, 7) is 1.38. The fourth-order valence-corrected chi connectivity index (χ4v) is 4.17. The van der Waals surface area contributed by atoms with E-state index in [0.29, 0.717) is 10.6 Å². The third-order valence-corrected chi connectivity index (χ3v) is 6.36. The summed E-state index contributed by atoms with van der Waals surface area (Å²) in [5, 5.41) is 9.30. The molecular weight excluding hydrogens is 450 g/mol. The fourth-order valence-electron chi connectivity index (χ4n) is 3.09. The molecule has 1 aromatic heterocycles. The minimum absolute atomic E-state index is 0.00227. The largest absolute Gasteiger partial charge is 0.344 e. The zero-order valence-electron chi connectivity index (χ0n) is 16.5. The van der Waals surface area contributed by atoms with Gasteiger partial charge in [0.2, 0.25) is 10.0 Å². The van der Waals surface area contributed by atoms with Gasteiger partial charge in [-0.2, -0.15) is 5.10 Å². The van der Waals surface area contributed by atoms with Gasteiger partial charge in [-0.1, -0.05) is 23.7 Å².